The van der Waals surface area contributed by atoms with Crippen LogP contribution in [0.2, 0.25) is 0 Å². The molecule has 0 fully saturated rings. The first kappa shape index (κ1) is 8.31. The Morgan fingerprint density at radius 2 is 2.11 bits per heavy atom. The van der Waals surface area contributed by atoms with Crippen LogP contribution >= 0.6 is 12.2 Å². The molecule has 0 aliphatic rings. The van der Waals surface area contributed by atoms with Crippen LogP contribution in [0.1, 0.15) is 0 Å². The Balaban J connectivity index is 4.23. The number of rotatable bonds is 2. The van der Waals surface area contributed by atoms with Crippen LogP contribution in [0.15, 0.2) is 0 Å². The van der Waals surface area contributed by atoms with E-state index in [9.17, 15) is 13.2 Å². The Hall–Kier alpha value is -0.690. The fourth-order valence-electron chi connectivity index (χ4n) is 0.164. The predicted octanol–water partition coefficient (Wildman–Crippen LogP) is -1.06. The highest BCUT2D eigenvalue weighted by Crippen LogP contribution is 1.74. The Bertz CT molecular complexity index is 218. The van der Waals surface area contributed by atoms with Gasteiger partial charge in [0.05, 0.1) is 0 Å². The van der Waals surface area contributed by atoms with E-state index in [0.29, 0.717) is 4.70 Å². The van der Waals surface area contributed by atoms with E-state index in [1.54, 1.807) is 0 Å². The van der Waals surface area contributed by atoms with Crippen LogP contribution in [0.4, 0.5) is 4.79 Å². The highest BCUT2D eigenvalue weighted by molar-refractivity contribution is 8.13. The molecule has 0 saturated heterocycles. The molecule has 0 atom stereocenters. The lowest BCUT2D eigenvalue weighted by Gasteiger charge is -1.93. The van der Waals surface area contributed by atoms with E-state index < -0.39 is 16.1 Å². The van der Waals surface area contributed by atoms with E-state index in [0.717, 1.165) is 0 Å². The first-order valence-electron chi connectivity index (χ1n) is 1.75. The number of hydrogen-bond acceptors (Lipinski definition) is 4. The summed E-state index contributed by atoms with van der Waals surface area (Å²) < 4.78 is 22.3. The van der Waals surface area contributed by atoms with Crippen LogP contribution in [-0.4, -0.2) is 19.1 Å². The van der Waals surface area contributed by atoms with E-state index in [1.807, 2.05) is 0 Å². The number of carbonyl (C=O) groups excluding carboxylic acids is 1. The molecule has 0 heterocycles. The second-order valence-electron chi connectivity index (χ2n) is 1.11. The van der Waals surface area contributed by atoms with Crippen LogP contribution in [-0.2, 0) is 10.0 Å². The third-order valence-electron chi connectivity index (χ3n) is 0.370. The molecular formula is C2H4N2O3S2. The lowest BCUT2D eigenvalue weighted by Crippen LogP contribution is -2.34. The fraction of sp³-hybridized carbons (Fsp3) is 0. The number of amides is 2. The zero-order valence-corrected chi connectivity index (χ0v) is 5.83. The van der Waals surface area contributed by atoms with E-state index >= 15 is 0 Å². The van der Waals surface area contributed by atoms with Gasteiger partial charge >= 0.3 is 6.03 Å². The molecule has 2 amide bonds. The summed E-state index contributed by atoms with van der Waals surface area (Å²) in [5.41, 5.74) is 4.46. The van der Waals surface area contributed by atoms with Crippen molar-refractivity contribution in [3.05, 3.63) is 0 Å². The molecule has 0 bridgehead atoms. The monoisotopic (exact) mass is 168 g/mol. The molecule has 3 N–H and O–H groups in total. The number of primary amides is 1. The van der Waals surface area contributed by atoms with Crippen LogP contribution in [0.3, 0.4) is 0 Å². The Morgan fingerprint density at radius 1 is 1.67 bits per heavy atom. The highest BCUT2D eigenvalue weighted by atomic mass is 32.2. The Labute approximate surface area is 57.3 Å². The van der Waals surface area contributed by atoms with Gasteiger partial charge in [0.15, 0.2) is 0 Å². The minimum Gasteiger partial charge on any atom is -0.351 e. The van der Waals surface area contributed by atoms with Gasteiger partial charge in [-0.2, -0.15) is 0 Å². The summed E-state index contributed by atoms with van der Waals surface area (Å²) in [6, 6.07) is -1.14. The van der Waals surface area contributed by atoms with Gasteiger partial charge in [-0.1, -0.05) is 12.2 Å². The van der Waals surface area contributed by atoms with Crippen LogP contribution in [0.5, 0.6) is 0 Å². The van der Waals surface area contributed by atoms with Gasteiger partial charge in [0.1, 0.15) is 4.70 Å². The number of sulfonamides is 1. The first-order valence-corrected chi connectivity index (χ1v) is 3.77. The summed E-state index contributed by atoms with van der Waals surface area (Å²) in [5, 5.41) is 0. The molecule has 0 aliphatic heterocycles. The average Bonchev–Trinajstić information content (AvgIpc) is 1.63. The van der Waals surface area contributed by atoms with Gasteiger partial charge < -0.3 is 5.73 Å². The van der Waals surface area contributed by atoms with Crippen molar-refractivity contribution in [3.63, 3.8) is 0 Å². The van der Waals surface area contributed by atoms with Gasteiger partial charge in [-0.15, -0.1) is 0 Å². The second kappa shape index (κ2) is 2.74. The molecule has 9 heavy (non-hydrogen) atoms. The Morgan fingerprint density at radius 3 is 2.22 bits per heavy atom. The van der Waals surface area contributed by atoms with Gasteiger partial charge in [0.25, 0.3) is 10.0 Å². The molecule has 0 rings (SSSR count). The zero-order chi connectivity index (χ0) is 7.49. The minimum absolute atomic E-state index is 0.428. The maximum absolute atomic E-state index is 10.2. The third kappa shape index (κ3) is 3.86. The maximum Gasteiger partial charge on any atom is 0.326 e. The second-order valence-corrected chi connectivity index (χ2v) is 3.17. The van der Waals surface area contributed by atoms with Crippen molar-refractivity contribution < 1.29 is 13.2 Å². The van der Waals surface area contributed by atoms with Crippen LogP contribution in [0, 0.1) is 0 Å². The van der Waals surface area contributed by atoms with Gasteiger partial charge in [0, 0.05) is 0 Å². The van der Waals surface area contributed by atoms with E-state index in [2.05, 4.69) is 18.0 Å². The Kier molecular flexibility index (Phi) is 2.53. The maximum atomic E-state index is 10.2. The predicted molar refractivity (Wildman–Crippen MR) is 35.3 cm³/mol. The molecule has 5 nitrogen and oxygen atoms in total. The lowest BCUT2D eigenvalue weighted by atomic mass is 11.2. The summed E-state index contributed by atoms with van der Waals surface area (Å²) >= 11 is 4.02. The highest BCUT2D eigenvalue weighted by Gasteiger charge is 2.05. The van der Waals surface area contributed by atoms with E-state index in [4.69, 9.17) is 0 Å². The molecule has 0 radical (unpaired) electrons. The number of nitrogens with two attached hydrogens (primary N) is 1. The van der Waals surface area contributed by atoms with Crippen molar-refractivity contribution in [2.45, 2.75) is 0 Å². The van der Waals surface area contributed by atoms with Crippen molar-refractivity contribution >= 4 is 33.0 Å². The molecule has 0 aromatic heterocycles. The standard InChI is InChI=1S/C2H4N2O3S2/c3-2(5)4-9(6,7)1-8/h1H,(H3,3,4,5). The lowest BCUT2D eigenvalue weighted by molar-refractivity contribution is 0.253. The van der Waals surface area contributed by atoms with E-state index in [1.165, 1.54) is 4.72 Å². The van der Waals surface area contributed by atoms with Crippen molar-refractivity contribution in [1.29, 1.82) is 0 Å². The largest absolute Gasteiger partial charge is 0.351 e. The summed E-state index contributed by atoms with van der Waals surface area (Å²) in [5.74, 6) is 0. The number of thiocarbonyl (C=S) groups is 1. The fourth-order valence-corrected chi connectivity index (χ4v) is 0.637. The van der Waals surface area contributed by atoms with Gasteiger partial charge in [-0.05, 0) is 0 Å². The van der Waals surface area contributed by atoms with Gasteiger partial charge in [-0.25, -0.2) is 17.9 Å². The molecule has 0 saturated carbocycles. The topological polar surface area (TPSA) is 89.3 Å². The molecule has 0 aromatic carbocycles. The van der Waals surface area contributed by atoms with E-state index in [-0.39, 0.29) is 0 Å². The van der Waals surface area contributed by atoms with Crippen molar-refractivity contribution in [3.8, 4) is 0 Å². The summed E-state index contributed by atoms with van der Waals surface area (Å²) in [6.45, 7) is 0. The van der Waals surface area contributed by atoms with Crippen molar-refractivity contribution in [2.75, 3.05) is 0 Å². The summed E-state index contributed by atoms with van der Waals surface area (Å²) in [6.07, 6.45) is 0. The normalized spacial score (nSPS) is 10.2. The van der Waals surface area contributed by atoms with Gasteiger partial charge in [-0.3, -0.25) is 0 Å². The van der Waals surface area contributed by atoms with Crippen LogP contribution in [0.25, 0.3) is 0 Å². The van der Waals surface area contributed by atoms with Crippen LogP contribution < -0.4 is 10.5 Å². The molecule has 0 unspecified atom stereocenters. The van der Waals surface area contributed by atoms with Crippen molar-refractivity contribution in [1.82, 2.24) is 4.72 Å². The number of nitrogens with one attached hydrogen (secondary N) is 1. The summed E-state index contributed by atoms with van der Waals surface area (Å²) in [7, 11) is -3.75. The molecule has 7 heteroatoms. The zero-order valence-electron chi connectivity index (χ0n) is 4.20. The number of urea groups is 1. The summed E-state index contributed by atoms with van der Waals surface area (Å²) in [4.78, 5) is 9.84. The average molecular weight is 168 g/mol. The SMILES string of the molecule is NC(=O)NS(=O)(=O)C=S. The van der Waals surface area contributed by atoms with Crippen molar-refractivity contribution in [2.24, 2.45) is 5.73 Å². The minimum atomic E-state index is -3.75. The first-order chi connectivity index (χ1) is 3.98. The third-order valence-corrected chi connectivity index (χ3v) is 1.87. The molecule has 0 aromatic rings. The number of carbonyl (C=O) groups is 1. The molecular weight excluding hydrogens is 164 g/mol. The molecule has 0 aliphatic carbocycles. The molecule has 52 valence electrons. The quantitative estimate of drug-likeness (QED) is 0.514. The van der Waals surface area contributed by atoms with Gasteiger partial charge in [0.2, 0.25) is 0 Å². The molecule has 0 spiro atoms. The number of hydrogen-bond donors (Lipinski definition) is 2. The smallest absolute Gasteiger partial charge is 0.326 e.